The molecule has 1 aliphatic carbocycles. The van der Waals surface area contributed by atoms with E-state index in [0.29, 0.717) is 0 Å². The smallest absolute Gasteiger partial charge is 0.0239 e. The van der Waals surface area contributed by atoms with E-state index in [1.807, 2.05) is 0 Å². The van der Waals surface area contributed by atoms with E-state index in [-0.39, 0.29) is 0 Å². The highest BCUT2D eigenvalue weighted by atomic mass is 14.2. The highest BCUT2D eigenvalue weighted by molar-refractivity contribution is 5.45. The van der Waals surface area contributed by atoms with E-state index >= 15 is 0 Å². The van der Waals surface area contributed by atoms with Crippen LogP contribution in [0.25, 0.3) is 0 Å². The minimum absolute atomic E-state index is 1.14. The Morgan fingerprint density at radius 2 is 2.20 bits per heavy atom. The summed E-state index contributed by atoms with van der Waals surface area (Å²) in [5.41, 5.74) is 5.97. The normalized spacial score (nSPS) is 18.7. The van der Waals surface area contributed by atoms with Crippen molar-refractivity contribution in [3.05, 3.63) is 46.6 Å². The third kappa shape index (κ3) is 2.95. The summed E-state index contributed by atoms with van der Waals surface area (Å²) in [5, 5.41) is 0. The molecular weight excluding hydrogens is 180 g/mol. The first-order valence-electron chi connectivity index (χ1n) is 5.89. The fourth-order valence-corrected chi connectivity index (χ4v) is 2.26. The van der Waals surface area contributed by atoms with E-state index < -0.39 is 0 Å². The van der Waals surface area contributed by atoms with Crippen molar-refractivity contribution in [2.75, 3.05) is 0 Å². The minimum atomic E-state index is 1.14. The molecule has 0 aromatic carbocycles. The summed E-state index contributed by atoms with van der Waals surface area (Å²) in [6, 6.07) is 0. The Hall–Kier alpha value is -1.04. The summed E-state index contributed by atoms with van der Waals surface area (Å²) in [6.07, 6.45) is 12.4. The molecule has 0 amide bonds. The van der Waals surface area contributed by atoms with Gasteiger partial charge in [-0.25, -0.2) is 0 Å². The second-order valence-electron chi connectivity index (χ2n) is 4.12. The highest BCUT2D eigenvalue weighted by Crippen LogP contribution is 2.29. The van der Waals surface area contributed by atoms with Gasteiger partial charge in [-0.05, 0) is 62.3 Å². The Labute approximate surface area is 94.1 Å². The van der Waals surface area contributed by atoms with E-state index in [1.54, 1.807) is 5.57 Å². The van der Waals surface area contributed by atoms with Crippen molar-refractivity contribution in [1.29, 1.82) is 0 Å². The number of hydrogen-bond acceptors (Lipinski definition) is 0. The fraction of sp³-hybridized carbons (Fsp3) is 0.467. The number of allylic oxidation sites excluding steroid dienone is 8. The van der Waals surface area contributed by atoms with Crippen LogP contribution in [0.3, 0.4) is 0 Å². The van der Waals surface area contributed by atoms with Crippen molar-refractivity contribution in [2.24, 2.45) is 0 Å². The average Bonchev–Trinajstić information content (AvgIpc) is 2.22. The van der Waals surface area contributed by atoms with Gasteiger partial charge in [0, 0.05) is 0 Å². The molecule has 0 aliphatic heterocycles. The van der Waals surface area contributed by atoms with Gasteiger partial charge in [-0.2, -0.15) is 0 Å². The summed E-state index contributed by atoms with van der Waals surface area (Å²) < 4.78 is 0. The van der Waals surface area contributed by atoms with Crippen LogP contribution < -0.4 is 0 Å². The molecule has 0 nitrogen and oxygen atoms in total. The van der Waals surface area contributed by atoms with Crippen LogP contribution in [0.5, 0.6) is 0 Å². The number of rotatable bonds is 3. The Balaban J connectivity index is 3.12. The van der Waals surface area contributed by atoms with Crippen molar-refractivity contribution in [3.63, 3.8) is 0 Å². The third-order valence-electron chi connectivity index (χ3n) is 3.02. The summed E-state index contributed by atoms with van der Waals surface area (Å²) in [5.74, 6) is 0. The molecule has 0 aromatic heterocycles. The molecule has 1 rings (SSSR count). The van der Waals surface area contributed by atoms with E-state index in [2.05, 4.69) is 52.0 Å². The molecule has 0 aromatic rings. The molecule has 0 spiro atoms. The van der Waals surface area contributed by atoms with E-state index in [9.17, 15) is 0 Å². The van der Waals surface area contributed by atoms with Gasteiger partial charge in [0.2, 0.25) is 0 Å². The second-order valence-corrected chi connectivity index (χ2v) is 4.12. The third-order valence-corrected chi connectivity index (χ3v) is 3.02. The van der Waals surface area contributed by atoms with Gasteiger partial charge in [-0.1, -0.05) is 31.2 Å². The zero-order valence-electron chi connectivity index (χ0n) is 10.4. The first-order chi connectivity index (χ1) is 7.20. The van der Waals surface area contributed by atoms with Gasteiger partial charge in [0.25, 0.3) is 0 Å². The predicted molar refractivity (Wildman–Crippen MR) is 68.9 cm³/mol. The Kier molecular flexibility index (Phi) is 4.61. The Morgan fingerprint density at radius 3 is 2.73 bits per heavy atom. The largest absolute Gasteiger partial charge is 0.0874 e. The molecule has 0 heteroatoms. The first kappa shape index (κ1) is 12.0. The van der Waals surface area contributed by atoms with Crippen molar-refractivity contribution >= 4 is 0 Å². The van der Waals surface area contributed by atoms with Gasteiger partial charge in [0.1, 0.15) is 0 Å². The van der Waals surface area contributed by atoms with Gasteiger partial charge >= 0.3 is 0 Å². The maximum atomic E-state index is 2.27. The monoisotopic (exact) mass is 202 g/mol. The van der Waals surface area contributed by atoms with Crippen LogP contribution in [0.4, 0.5) is 0 Å². The van der Waals surface area contributed by atoms with E-state index in [1.165, 1.54) is 29.6 Å². The van der Waals surface area contributed by atoms with Crippen LogP contribution in [0.2, 0.25) is 0 Å². The zero-order valence-corrected chi connectivity index (χ0v) is 10.4. The maximum Gasteiger partial charge on any atom is -0.0239 e. The standard InChI is InChI=1S/C15H22/c1-5-9-12(3)14(6-2)15-11-8-7-10-13(15)4/h5,7,9-10H,6,8,11H2,1-4H3/b9-5-,14-12+. The molecule has 82 valence electrons. The topological polar surface area (TPSA) is 0 Å². The van der Waals surface area contributed by atoms with Crippen molar-refractivity contribution < 1.29 is 0 Å². The van der Waals surface area contributed by atoms with E-state index in [0.717, 1.165) is 6.42 Å². The molecule has 0 heterocycles. The van der Waals surface area contributed by atoms with Gasteiger partial charge in [-0.3, -0.25) is 0 Å². The average molecular weight is 202 g/mol. The molecule has 0 unspecified atom stereocenters. The maximum absolute atomic E-state index is 2.27. The van der Waals surface area contributed by atoms with Crippen molar-refractivity contribution in [2.45, 2.75) is 47.0 Å². The lowest BCUT2D eigenvalue weighted by Crippen LogP contribution is -1.98. The zero-order chi connectivity index (χ0) is 11.3. The van der Waals surface area contributed by atoms with Crippen LogP contribution in [0.15, 0.2) is 46.6 Å². The summed E-state index contributed by atoms with van der Waals surface area (Å²) in [4.78, 5) is 0. The van der Waals surface area contributed by atoms with Crippen LogP contribution in [-0.4, -0.2) is 0 Å². The van der Waals surface area contributed by atoms with Gasteiger partial charge in [0.15, 0.2) is 0 Å². The van der Waals surface area contributed by atoms with Crippen LogP contribution >= 0.6 is 0 Å². The van der Waals surface area contributed by atoms with Crippen LogP contribution in [-0.2, 0) is 0 Å². The molecule has 0 saturated heterocycles. The van der Waals surface area contributed by atoms with Crippen LogP contribution in [0.1, 0.15) is 47.0 Å². The number of hydrogen-bond donors (Lipinski definition) is 0. The molecule has 0 saturated carbocycles. The highest BCUT2D eigenvalue weighted by Gasteiger charge is 2.10. The summed E-state index contributed by atoms with van der Waals surface area (Å²) >= 11 is 0. The first-order valence-corrected chi connectivity index (χ1v) is 5.89. The minimum Gasteiger partial charge on any atom is -0.0874 e. The lowest BCUT2D eigenvalue weighted by molar-refractivity contribution is 0.911. The molecule has 0 fully saturated rings. The molecule has 0 N–H and O–H groups in total. The lowest BCUT2D eigenvalue weighted by atomic mass is 9.88. The van der Waals surface area contributed by atoms with Gasteiger partial charge in [-0.15, -0.1) is 0 Å². The van der Waals surface area contributed by atoms with Crippen LogP contribution in [0, 0.1) is 0 Å². The lowest BCUT2D eigenvalue weighted by Gasteiger charge is -2.17. The molecule has 0 radical (unpaired) electrons. The fourth-order valence-electron chi connectivity index (χ4n) is 2.26. The quantitative estimate of drug-likeness (QED) is 0.568. The summed E-state index contributed by atoms with van der Waals surface area (Å²) in [7, 11) is 0. The molecule has 1 aliphatic rings. The van der Waals surface area contributed by atoms with Gasteiger partial charge in [0.05, 0.1) is 0 Å². The van der Waals surface area contributed by atoms with E-state index in [4.69, 9.17) is 0 Å². The van der Waals surface area contributed by atoms with Crippen molar-refractivity contribution in [3.8, 4) is 0 Å². The summed E-state index contributed by atoms with van der Waals surface area (Å²) in [6.45, 7) is 8.78. The molecule has 15 heavy (non-hydrogen) atoms. The molecule has 0 atom stereocenters. The van der Waals surface area contributed by atoms with Gasteiger partial charge < -0.3 is 0 Å². The second kappa shape index (κ2) is 5.75. The Bertz CT molecular complexity index is 335. The Morgan fingerprint density at radius 1 is 1.47 bits per heavy atom. The van der Waals surface area contributed by atoms with Crippen molar-refractivity contribution in [1.82, 2.24) is 0 Å². The molecule has 0 bridgehead atoms. The SMILES string of the molecule is C/C=C\C(C)=C(/CC)C1=C(C)C=CCC1. The molecular formula is C15H22. The predicted octanol–water partition coefficient (Wildman–Crippen LogP) is 4.96.